The van der Waals surface area contributed by atoms with Gasteiger partial charge < -0.3 is 4.80 Å². The minimum Gasteiger partial charge on any atom is -0.435 e. The maximum absolute atomic E-state index is 10.3. The minimum absolute atomic E-state index is 1.08. The van der Waals surface area contributed by atoms with Crippen molar-refractivity contribution in [2.75, 3.05) is 0 Å². The molecule has 0 atom stereocenters. The van der Waals surface area contributed by atoms with Crippen molar-refractivity contribution in [3.05, 3.63) is 0 Å². The van der Waals surface area contributed by atoms with Crippen LogP contribution in [0.3, 0.4) is 0 Å². The van der Waals surface area contributed by atoms with Crippen LogP contribution in [0.15, 0.2) is 0 Å². The van der Waals surface area contributed by atoms with Crippen molar-refractivity contribution < 1.29 is 4.80 Å². The molecular formula is C12H30OSi2. The third-order valence-corrected chi connectivity index (χ3v) is 9.00. The summed E-state index contributed by atoms with van der Waals surface area (Å²) in [5, 5.41) is 0. The Morgan fingerprint density at radius 2 is 1.20 bits per heavy atom. The summed E-state index contributed by atoms with van der Waals surface area (Å²) in [6.07, 6.45) is 10.5. The summed E-state index contributed by atoms with van der Waals surface area (Å²) >= 11 is 0. The highest BCUT2D eigenvalue weighted by Crippen LogP contribution is 2.17. The van der Waals surface area contributed by atoms with Gasteiger partial charge >= 0.3 is 0 Å². The van der Waals surface area contributed by atoms with Gasteiger partial charge in [0.05, 0.1) is 0 Å². The summed E-state index contributed by atoms with van der Waals surface area (Å²) in [6, 6.07) is 2.37. The summed E-state index contributed by atoms with van der Waals surface area (Å²) in [7, 11) is -0.585. The van der Waals surface area contributed by atoms with E-state index in [0.717, 1.165) is 9.76 Å². The SMILES string of the molecule is CCCCCC[Si](O)([SiH3])CCCCCC. The monoisotopic (exact) mass is 246 g/mol. The summed E-state index contributed by atoms with van der Waals surface area (Å²) in [5.41, 5.74) is 0. The van der Waals surface area contributed by atoms with E-state index >= 15 is 0 Å². The van der Waals surface area contributed by atoms with Gasteiger partial charge in [-0.3, -0.25) is 0 Å². The molecule has 0 aromatic carbocycles. The number of rotatable bonds is 10. The Morgan fingerprint density at radius 1 is 0.800 bits per heavy atom. The van der Waals surface area contributed by atoms with Gasteiger partial charge in [-0.15, -0.1) is 0 Å². The van der Waals surface area contributed by atoms with E-state index in [-0.39, 0.29) is 0 Å². The Kier molecular flexibility index (Phi) is 9.86. The Hall–Kier alpha value is 0.394. The van der Waals surface area contributed by atoms with Crippen LogP contribution < -0.4 is 0 Å². The Morgan fingerprint density at radius 3 is 1.53 bits per heavy atom. The molecule has 1 N–H and O–H groups in total. The molecule has 92 valence electrons. The van der Waals surface area contributed by atoms with Crippen LogP contribution in [0.25, 0.3) is 0 Å². The van der Waals surface area contributed by atoms with Crippen LogP contribution >= 0.6 is 0 Å². The second-order valence-corrected chi connectivity index (χ2v) is 14.7. The lowest BCUT2D eigenvalue weighted by Gasteiger charge is -2.20. The molecule has 0 rings (SSSR count). The lowest BCUT2D eigenvalue weighted by molar-refractivity contribution is 0.535. The van der Waals surface area contributed by atoms with Gasteiger partial charge in [-0.25, -0.2) is 0 Å². The highest BCUT2D eigenvalue weighted by molar-refractivity contribution is 7.12. The molecule has 0 fully saturated rings. The lowest BCUT2D eigenvalue weighted by atomic mass is 10.2. The van der Waals surface area contributed by atoms with Crippen LogP contribution in [-0.4, -0.2) is 22.4 Å². The molecular weight excluding hydrogens is 216 g/mol. The molecule has 1 nitrogen and oxygen atoms in total. The predicted molar refractivity (Wildman–Crippen MR) is 75.8 cm³/mol. The zero-order chi connectivity index (χ0) is 11.6. The van der Waals surface area contributed by atoms with Gasteiger partial charge in [0.2, 0.25) is 0 Å². The molecule has 0 saturated carbocycles. The van der Waals surface area contributed by atoms with Crippen LogP contribution in [0, 0.1) is 0 Å². The van der Waals surface area contributed by atoms with Gasteiger partial charge in [-0.2, -0.15) is 0 Å². The molecule has 0 bridgehead atoms. The first-order valence-electron chi connectivity index (χ1n) is 6.84. The molecule has 0 aliphatic carbocycles. The Labute approximate surface area is 100 Å². The van der Waals surface area contributed by atoms with Crippen molar-refractivity contribution >= 4 is 17.6 Å². The summed E-state index contributed by atoms with van der Waals surface area (Å²) in [6.45, 7) is 4.49. The van der Waals surface area contributed by atoms with Crippen LogP contribution in [-0.2, 0) is 0 Å². The van der Waals surface area contributed by atoms with E-state index in [1.807, 2.05) is 0 Å². The molecule has 3 heteroatoms. The first kappa shape index (κ1) is 15.4. The lowest BCUT2D eigenvalue weighted by Crippen LogP contribution is -2.35. The van der Waals surface area contributed by atoms with E-state index < -0.39 is 7.83 Å². The number of unbranched alkanes of at least 4 members (excludes halogenated alkanes) is 6. The molecule has 0 aliphatic heterocycles. The third-order valence-electron chi connectivity index (χ3n) is 3.14. The highest BCUT2D eigenvalue weighted by atomic mass is 29.2. The zero-order valence-corrected chi connectivity index (χ0v) is 14.0. The largest absolute Gasteiger partial charge is 0.435 e. The molecule has 15 heavy (non-hydrogen) atoms. The average Bonchev–Trinajstić information content (AvgIpc) is 2.20. The van der Waals surface area contributed by atoms with Crippen molar-refractivity contribution in [1.82, 2.24) is 0 Å². The molecule has 0 aromatic heterocycles. The second-order valence-electron chi connectivity index (χ2n) is 5.12. The van der Waals surface area contributed by atoms with Crippen molar-refractivity contribution in [1.29, 1.82) is 0 Å². The molecule has 0 spiro atoms. The smallest absolute Gasteiger partial charge is 0.164 e. The van der Waals surface area contributed by atoms with Crippen LogP contribution in [0.1, 0.15) is 65.2 Å². The van der Waals surface area contributed by atoms with Gasteiger partial charge in [0.25, 0.3) is 0 Å². The number of hydrogen-bond acceptors (Lipinski definition) is 1. The van der Waals surface area contributed by atoms with Crippen molar-refractivity contribution in [3.63, 3.8) is 0 Å². The average molecular weight is 247 g/mol. The van der Waals surface area contributed by atoms with E-state index in [1.54, 1.807) is 0 Å². The predicted octanol–water partition coefficient (Wildman–Crippen LogP) is 2.95. The summed E-state index contributed by atoms with van der Waals surface area (Å²) in [5.74, 6) is 0. The van der Waals surface area contributed by atoms with E-state index in [0.29, 0.717) is 0 Å². The van der Waals surface area contributed by atoms with Gasteiger partial charge in [0, 0.05) is 9.76 Å². The fourth-order valence-electron chi connectivity index (χ4n) is 1.99. The standard InChI is InChI=1S/C12H30OSi2/c1-3-5-7-9-11-15(13,14)12-10-8-6-4-2/h13H,3-12H2,1-2,14H3. The van der Waals surface area contributed by atoms with E-state index in [4.69, 9.17) is 0 Å². The van der Waals surface area contributed by atoms with Crippen LogP contribution in [0.4, 0.5) is 0 Å². The maximum Gasteiger partial charge on any atom is 0.164 e. The van der Waals surface area contributed by atoms with Gasteiger partial charge in [0.15, 0.2) is 7.83 Å². The van der Waals surface area contributed by atoms with E-state index in [9.17, 15) is 4.80 Å². The molecule has 0 aromatic rings. The van der Waals surface area contributed by atoms with Crippen molar-refractivity contribution in [2.45, 2.75) is 77.3 Å². The van der Waals surface area contributed by atoms with Gasteiger partial charge in [0.1, 0.15) is 0 Å². The second kappa shape index (κ2) is 9.61. The zero-order valence-electron chi connectivity index (χ0n) is 11.0. The molecule has 0 heterocycles. The molecule has 0 radical (unpaired) electrons. The van der Waals surface area contributed by atoms with Crippen LogP contribution in [0.2, 0.25) is 12.1 Å². The normalized spacial score (nSPS) is 12.2. The fraction of sp³-hybridized carbons (Fsp3) is 1.00. The first-order chi connectivity index (χ1) is 7.12. The third kappa shape index (κ3) is 10.7. The fourth-order valence-corrected chi connectivity index (χ4v) is 6.38. The summed E-state index contributed by atoms with van der Waals surface area (Å²) < 4.78 is 0. The van der Waals surface area contributed by atoms with Crippen molar-refractivity contribution in [2.24, 2.45) is 0 Å². The molecule has 0 aliphatic rings. The molecule has 0 saturated heterocycles. The van der Waals surface area contributed by atoms with E-state index in [1.165, 1.54) is 63.5 Å². The molecule has 0 amide bonds. The molecule has 0 unspecified atom stereocenters. The van der Waals surface area contributed by atoms with Crippen molar-refractivity contribution in [3.8, 4) is 0 Å². The van der Waals surface area contributed by atoms with Gasteiger partial charge in [-0.1, -0.05) is 65.2 Å². The highest BCUT2D eigenvalue weighted by Gasteiger charge is 2.22. The minimum atomic E-state index is -1.66. The maximum atomic E-state index is 10.3. The summed E-state index contributed by atoms with van der Waals surface area (Å²) in [4.78, 5) is 10.3. The Bertz CT molecular complexity index is 124. The van der Waals surface area contributed by atoms with Gasteiger partial charge in [-0.05, 0) is 12.1 Å². The quantitative estimate of drug-likeness (QED) is 0.464. The Balaban J connectivity index is 3.40. The first-order valence-corrected chi connectivity index (χ1v) is 12.7. The van der Waals surface area contributed by atoms with E-state index in [2.05, 4.69) is 13.8 Å². The number of hydrogen-bond donors (Lipinski definition) is 1. The topological polar surface area (TPSA) is 20.2 Å². The van der Waals surface area contributed by atoms with Crippen LogP contribution in [0.5, 0.6) is 0 Å².